The van der Waals surface area contributed by atoms with Crippen molar-refractivity contribution in [2.45, 2.75) is 23.3 Å². The molecule has 0 nitrogen and oxygen atoms in total. The van der Waals surface area contributed by atoms with Crippen LogP contribution in [-0.2, 0) is 34.6 Å². The minimum atomic E-state index is 0.310. The molecule has 1 aliphatic rings. The molecule has 5 rings (SSSR count). The predicted octanol–water partition coefficient (Wildman–Crippen LogP) is 6.63. The van der Waals surface area contributed by atoms with E-state index >= 15 is 0 Å². The van der Waals surface area contributed by atoms with Gasteiger partial charge in [0, 0.05) is 24.0 Å². The van der Waals surface area contributed by atoms with Crippen molar-refractivity contribution >= 4 is 43.3 Å². The second-order valence-electron chi connectivity index (χ2n) is 9.03. The average molecular weight is 431 g/mol. The van der Waals surface area contributed by atoms with E-state index in [2.05, 4.69) is 97.8 Å². The molecule has 0 radical (unpaired) electrons. The van der Waals surface area contributed by atoms with E-state index in [4.69, 9.17) is 0 Å². The minimum Gasteiger partial charge on any atom is -0.0582 e. The van der Waals surface area contributed by atoms with Crippen LogP contribution >= 0.6 is 0 Å². The quantitative estimate of drug-likeness (QED) is 0.313. The lowest BCUT2D eigenvalue weighted by Crippen LogP contribution is -2.15. The van der Waals surface area contributed by atoms with E-state index in [0.29, 0.717) is 32.3 Å². The first kappa shape index (κ1) is 20.0. The third-order valence-electron chi connectivity index (χ3n) is 6.58. The molecular weight excluding hydrogens is 400 g/mol. The second-order valence-corrected chi connectivity index (χ2v) is 13.7. The topological polar surface area (TPSA) is 0 Å². The van der Waals surface area contributed by atoms with Crippen LogP contribution in [0.2, 0.25) is 0 Å². The first-order chi connectivity index (χ1) is 14.5. The summed E-state index contributed by atoms with van der Waals surface area (Å²) in [6.45, 7) is 0. The van der Waals surface area contributed by atoms with Gasteiger partial charge < -0.3 is 0 Å². The molecule has 0 aliphatic heterocycles. The van der Waals surface area contributed by atoms with Gasteiger partial charge in [-0.2, -0.15) is 0 Å². The lowest BCUT2D eigenvalue weighted by Gasteiger charge is -2.19. The summed E-state index contributed by atoms with van der Waals surface area (Å²) in [6.07, 6.45) is 11.8. The van der Waals surface area contributed by atoms with Crippen LogP contribution in [0.4, 0.5) is 0 Å². The van der Waals surface area contributed by atoms with Gasteiger partial charge in [-0.3, -0.25) is 0 Å². The Morgan fingerprint density at radius 3 is 1.33 bits per heavy atom. The van der Waals surface area contributed by atoms with E-state index in [1.165, 1.54) is 43.8 Å². The molecule has 0 amide bonds. The Labute approximate surface area is 186 Å². The average Bonchev–Trinajstić information content (AvgIpc) is 2.73. The van der Waals surface area contributed by atoms with E-state index in [0.717, 1.165) is 12.8 Å². The molecule has 30 heavy (non-hydrogen) atoms. The Morgan fingerprint density at radius 2 is 0.900 bits per heavy atom. The Kier molecular flexibility index (Phi) is 5.33. The summed E-state index contributed by atoms with van der Waals surface area (Å²) in [6, 6.07) is 28.5. The maximum Gasteiger partial charge on any atom is 0.146 e. The van der Waals surface area contributed by atoms with Crippen LogP contribution in [0.15, 0.2) is 72.8 Å². The molecule has 0 spiro atoms. The molecule has 4 aromatic carbocycles. The van der Waals surface area contributed by atoms with Crippen molar-refractivity contribution in [1.29, 1.82) is 0 Å². The molecule has 0 unspecified atom stereocenters. The third-order valence-corrected chi connectivity index (χ3v) is 9.74. The van der Waals surface area contributed by atoms with Crippen LogP contribution in [-0.4, -0.2) is 25.0 Å². The van der Waals surface area contributed by atoms with Gasteiger partial charge in [0.15, 0.2) is 0 Å². The Morgan fingerprint density at radius 1 is 0.500 bits per heavy atom. The van der Waals surface area contributed by atoms with Crippen LogP contribution in [0.1, 0.15) is 32.8 Å². The van der Waals surface area contributed by atoms with Gasteiger partial charge in [-0.25, -0.2) is 0 Å². The van der Waals surface area contributed by atoms with Crippen LogP contribution in [0.25, 0.3) is 21.5 Å². The Bertz CT molecular complexity index is 1130. The summed E-state index contributed by atoms with van der Waals surface area (Å²) in [7, 11) is 0.620. The van der Waals surface area contributed by atoms with Crippen LogP contribution in [0.3, 0.4) is 0 Å². The number of hydrogen-bond donors (Lipinski definition) is 0. The molecule has 0 N–H and O–H groups in total. The molecule has 0 saturated heterocycles. The lowest BCUT2D eigenvalue weighted by molar-refractivity contribution is 0.922. The van der Waals surface area contributed by atoms with E-state index in [1.54, 1.807) is 0 Å². The summed E-state index contributed by atoms with van der Waals surface area (Å²) >= 11 is 0. The van der Waals surface area contributed by atoms with Crippen molar-refractivity contribution in [3.05, 3.63) is 95.1 Å². The van der Waals surface area contributed by atoms with Crippen LogP contribution in [0, 0.1) is 0 Å². The minimum absolute atomic E-state index is 0.310. The third kappa shape index (κ3) is 3.76. The largest absolute Gasteiger partial charge is 0.146 e. The van der Waals surface area contributed by atoms with Crippen molar-refractivity contribution in [3.8, 4) is 0 Å². The summed E-state index contributed by atoms with van der Waals surface area (Å²) in [5.41, 5.74) is 5.89. The molecule has 0 aromatic heterocycles. The van der Waals surface area contributed by atoms with Gasteiger partial charge >= 0.3 is 0 Å². The van der Waals surface area contributed by atoms with E-state index < -0.39 is 0 Å². The molecule has 2 atom stereocenters. The number of benzene rings is 4. The monoisotopic (exact) mass is 430 g/mol. The van der Waals surface area contributed by atoms with Gasteiger partial charge in [-0.05, 0) is 66.6 Å². The van der Waals surface area contributed by atoms with Crippen molar-refractivity contribution in [3.63, 3.8) is 0 Å². The standard InChI is InChI=1S/C28H30S2/c1-29(2)27-15-19-5-7-21-8-6-20(14-25(21)13-19)16-28(30(3)4)24-12-10-22-9-11-23(27)17-26(22)18-24/h5-14,17-18,27-28H,15-16H2,1-4H3/q+2/t27-,28-/m0/s1. The van der Waals surface area contributed by atoms with Gasteiger partial charge in [0.2, 0.25) is 0 Å². The molecule has 2 heteroatoms. The van der Waals surface area contributed by atoms with Crippen molar-refractivity contribution in [2.24, 2.45) is 0 Å². The highest BCUT2D eigenvalue weighted by atomic mass is 32.2. The number of rotatable bonds is 2. The fourth-order valence-electron chi connectivity index (χ4n) is 4.83. The molecule has 152 valence electrons. The highest BCUT2D eigenvalue weighted by Gasteiger charge is 2.27. The fourth-order valence-corrected chi connectivity index (χ4v) is 7.26. The zero-order valence-electron chi connectivity index (χ0n) is 18.3. The first-order valence-electron chi connectivity index (χ1n) is 10.7. The fraction of sp³-hybridized carbons (Fsp3) is 0.286. The smallest absolute Gasteiger partial charge is 0.0582 e. The second kappa shape index (κ2) is 7.98. The SMILES string of the molecule is C[S+](C)[C@H]1Cc2ccc3ccc(cc3c2)C[C@H]([S+](C)C)c2ccc3ccc1cc3c2. The summed E-state index contributed by atoms with van der Waals surface area (Å²) in [4.78, 5) is 0. The molecule has 0 saturated carbocycles. The van der Waals surface area contributed by atoms with Crippen molar-refractivity contribution in [2.75, 3.05) is 25.0 Å². The number of hydrogen-bond acceptors (Lipinski definition) is 0. The molecule has 1 aliphatic carbocycles. The molecule has 0 heterocycles. The number of fused-ring (bicyclic) bond motifs is 4. The summed E-state index contributed by atoms with van der Waals surface area (Å²) in [5, 5.41) is 6.62. The van der Waals surface area contributed by atoms with Crippen LogP contribution < -0.4 is 0 Å². The summed E-state index contributed by atoms with van der Waals surface area (Å²) < 4.78 is 0. The first-order valence-corrected chi connectivity index (χ1v) is 14.9. The summed E-state index contributed by atoms with van der Waals surface area (Å²) in [5.74, 6) is 0. The lowest BCUT2D eigenvalue weighted by atomic mass is 9.94. The Hall–Kier alpha value is -1.90. The molecular formula is C28H30S2+2. The molecule has 6 bridgehead atoms. The van der Waals surface area contributed by atoms with Crippen LogP contribution in [0.5, 0.6) is 0 Å². The predicted molar refractivity (Wildman–Crippen MR) is 139 cm³/mol. The van der Waals surface area contributed by atoms with Gasteiger partial charge in [-0.1, -0.05) is 60.7 Å². The zero-order valence-corrected chi connectivity index (χ0v) is 19.9. The maximum absolute atomic E-state index is 2.47. The van der Waals surface area contributed by atoms with Gasteiger partial charge in [0.05, 0.1) is 25.0 Å². The van der Waals surface area contributed by atoms with Crippen molar-refractivity contribution in [1.82, 2.24) is 0 Å². The highest BCUT2D eigenvalue weighted by Crippen LogP contribution is 2.34. The molecule has 4 aromatic rings. The highest BCUT2D eigenvalue weighted by molar-refractivity contribution is 7.96. The van der Waals surface area contributed by atoms with Crippen molar-refractivity contribution < 1.29 is 0 Å². The van der Waals surface area contributed by atoms with Gasteiger partial charge in [0.25, 0.3) is 0 Å². The maximum atomic E-state index is 2.47. The van der Waals surface area contributed by atoms with Gasteiger partial charge in [0.1, 0.15) is 10.5 Å². The van der Waals surface area contributed by atoms with E-state index in [-0.39, 0.29) is 0 Å². The van der Waals surface area contributed by atoms with E-state index in [9.17, 15) is 0 Å². The normalized spacial score (nSPS) is 19.0. The zero-order chi connectivity index (χ0) is 20.8. The van der Waals surface area contributed by atoms with Gasteiger partial charge in [-0.15, -0.1) is 0 Å². The Balaban J connectivity index is 1.75. The molecule has 0 fully saturated rings. The van der Waals surface area contributed by atoms with E-state index in [1.807, 2.05) is 0 Å².